The van der Waals surface area contributed by atoms with Crippen LogP contribution in [0, 0.1) is 0 Å². The van der Waals surface area contributed by atoms with Crippen molar-refractivity contribution in [1.82, 2.24) is 0 Å². The van der Waals surface area contributed by atoms with Crippen LogP contribution in [0.15, 0.2) is 30.3 Å². The lowest BCUT2D eigenvalue weighted by molar-refractivity contribution is -0.139. The van der Waals surface area contributed by atoms with Crippen LogP contribution in [0.1, 0.15) is 26.3 Å². The molecule has 0 aliphatic carbocycles. The maximum Gasteiger partial charge on any atom is 0.302 e. The minimum Gasteiger partial charge on any atom is -0.462 e. The van der Waals surface area contributed by atoms with Crippen LogP contribution in [0.4, 0.5) is 5.69 Å². The van der Waals surface area contributed by atoms with Gasteiger partial charge in [-0.25, -0.2) is 0 Å². The van der Waals surface area contributed by atoms with Crippen LogP contribution in [0.3, 0.4) is 0 Å². The molecule has 0 spiro atoms. The van der Waals surface area contributed by atoms with E-state index in [9.17, 15) is 4.79 Å². The molecule has 0 amide bonds. The van der Waals surface area contributed by atoms with Gasteiger partial charge in [0.1, 0.15) is 6.61 Å². The first-order chi connectivity index (χ1) is 8.24. The Bertz CT molecular complexity index is 364. The fraction of sp³-hybridized carbons (Fsp3) is 0.308. The molecule has 0 aromatic heterocycles. The summed E-state index contributed by atoms with van der Waals surface area (Å²) in [6.07, 6.45) is 3.66. The van der Waals surface area contributed by atoms with E-state index in [-0.39, 0.29) is 12.6 Å². The molecule has 94 valence electrons. The molecule has 4 heteroatoms. The van der Waals surface area contributed by atoms with E-state index >= 15 is 0 Å². The summed E-state index contributed by atoms with van der Waals surface area (Å²) in [7, 11) is 0. The van der Waals surface area contributed by atoms with Crippen molar-refractivity contribution in [3.8, 4) is 0 Å². The van der Waals surface area contributed by atoms with Crippen LogP contribution >= 0.6 is 12.8 Å². The summed E-state index contributed by atoms with van der Waals surface area (Å²) in [4.78, 5) is 10.5. The van der Waals surface area contributed by atoms with E-state index in [1.165, 1.54) is 6.92 Å². The number of ether oxygens (including phenoxy) is 1. The SMILES string of the molecule is CC.CC(=O)OC/C=C/c1ccccc1NS. The van der Waals surface area contributed by atoms with Crippen molar-refractivity contribution in [2.75, 3.05) is 11.3 Å². The van der Waals surface area contributed by atoms with Gasteiger partial charge in [0.2, 0.25) is 0 Å². The first-order valence-electron chi connectivity index (χ1n) is 5.53. The normalized spacial score (nSPS) is 9.41. The van der Waals surface area contributed by atoms with Crippen molar-refractivity contribution < 1.29 is 9.53 Å². The topological polar surface area (TPSA) is 38.3 Å². The zero-order chi connectivity index (χ0) is 13.1. The van der Waals surface area contributed by atoms with Crippen molar-refractivity contribution in [3.05, 3.63) is 35.9 Å². The molecule has 0 bridgehead atoms. The molecule has 0 radical (unpaired) electrons. The second-order valence-electron chi connectivity index (χ2n) is 2.90. The third kappa shape index (κ3) is 6.68. The number of rotatable bonds is 4. The van der Waals surface area contributed by atoms with Gasteiger partial charge in [-0.15, -0.1) is 0 Å². The molecule has 1 aromatic carbocycles. The maximum absolute atomic E-state index is 10.5. The Labute approximate surface area is 108 Å². The van der Waals surface area contributed by atoms with E-state index in [1.807, 2.05) is 44.2 Å². The van der Waals surface area contributed by atoms with Gasteiger partial charge in [-0.2, -0.15) is 0 Å². The fourth-order valence-corrected chi connectivity index (χ4v) is 1.29. The van der Waals surface area contributed by atoms with E-state index in [4.69, 9.17) is 4.74 Å². The number of thiol groups is 1. The van der Waals surface area contributed by atoms with Gasteiger partial charge in [0, 0.05) is 6.92 Å². The Morgan fingerprint density at radius 3 is 2.65 bits per heavy atom. The third-order valence-corrected chi connectivity index (χ3v) is 2.00. The number of para-hydroxylation sites is 1. The number of carbonyl (C=O) groups is 1. The Hall–Kier alpha value is -1.42. The number of carbonyl (C=O) groups excluding carboxylic acids is 1. The third-order valence-electron chi connectivity index (χ3n) is 1.76. The minimum atomic E-state index is -0.278. The van der Waals surface area contributed by atoms with Crippen molar-refractivity contribution in [2.45, 2.75) is 20.8 Å². The lowest BCUT2D eigenvalue weighted by Crippen LogP contribution is -1.97. The van der Waals surface area contributed by atoms with Gasteiger partial charge in [-0.05, 0) is 17.7 Å². The Balaban J connectivity index is 0.00000121. The number of benzene rings is 1. The average molecular weight is 253 g/mol. The average Bonchev–Trinajstić information content (AvgIpc) is 2.37. The summed E-state index contributed by atoms with van der Waals surface area (Å²) in [5, 5.41) is 0. The molecule has 0 heterocycles. The lowest BCUT2D eigenvalue weighted by Gasteiger charge is -2.03. The van der Waals surface area contributed by atoms with Gasteiger partial charge >= 0.3 is 5.97 Å². The number of hydrogen-bond donors (Lipinski definition) is 2. The molecule has 0 atom stereocenters. The van der Waals surface area contributed by atoms with Crippen LogP contribution in [0.5, 0.6) is 0 Å². The molecule has 1 N–H and O–H groups in total. The van der Waals surface area contributed by atoms with Gasteiger partial charge in [-0.1, -0.05) is 50.9 Å². The quantitative estimate of drug-likeness (QED) is 0.636. The summed E-state index contributed by atoms with van der Waals surface area (Å²) in [6.45, 7) is 5.67. The Morgan fingerprint density at radius 2 is 2.06 bits per heavy atom. The largest absolute Gasteiger partial charge is 0.462 e. The van der Waals surface area contributed by atoms with Gasteiger partial charge < -0.3 is 9.46 Å². The fourth-order valence-electron chi connectivity index (χ4n) is 1.08. The highest BCUT2D eigenvalue weighted by Gasteiger charge is 1.94. The predicted molar refractivity (Wildman–Crippen MR) is 76.1 cm³/mol. The first kappa shape index (κ1) is 15.6. The molecule has 0 saturated carbocycles. The summed E-state index contributed by atoms with van der Waals surface area (Å²) in [5.74, 6) is -0.278. The van der Waals surface area contributed by atoms with Gasteiger partial charge in [-0.3, -0.25) is 4.79 Å². The van der Waals surface area contributed by atoms with Crippen LogP contribution in [0.2, 0.25) is 0 Å². The molecular formula is C13H19NO2S. The summed E-state index contributed by atoms with van der Waals surface area (Å²) >= 11 is 3.99. The molecule has 3 nitrogen and oxygen atoms in total. The highest BCUT2D eigenvalue weighted by atomic mass is 32.1. The van der Waals surface area contributed by atoms with Crippen molar-refractivity contribution in [2.24, 2.45) is 0 Å². The first-order valence-corrected chi connectivity index (χ1v) is 5.98. The van der Waals surface area contributed by atoms with Crippen LogP contribution in [0.25, 0.3) is 6.08 Å². The molecule has 0 fully saturated rings. The molecule has 17 heavy (non-hydrogen) atoms. The van der Waals surface area contributed by atoms with Gasteiger partial charge in [0.25, 0.3) is 0 Å². The molecule has 0 unspecified atom stereocenters. The zero-order valence-corrected chi connectivity index (χ0v) is 11.3. The number of esters is 1. The zero-order valence-electron chi connectivity index (χ0n) is 10.4. The van der Waals surface area contributed by atoms with Crippen LogP contribution < -0.4 is 4.72 Å². The monoisotopic (exact) mass is 253 g/mol. The maximum atomic E-state index is 10.5. The van der Waals surface area contributed by atoms with Gasteiger partial charge in [0.15, 0.2) is 0 Å². The second-order valence-corrected chi connectivity index (χ2v) is 3.13. The molecule has 1 rings (SSSR count). The summed E-state index contributed by atoms with van der Waals surface area (Å²) in [5.41, 5.74) is 1.92. The van der Waals surface area contributed by atoms with E-state index in [0.717, 1.165) is 11.3 Å². The van der Waals surface area contributed by atoms with Crippen molar-refractivity contribution in [1.29, 1.82) is 0 Å². The smallest absolute Gasteiger partial charge is 0.302 e. The Morgan fingerprint density at radius 1 is 1.41 bits per heavy atom. The molecule has 0 aliphatic rings. The summed E-state index contributed by atoms with van der Waals surface area (Å²) < 4.78 is 7.55. The molecule has 0 saturated heterocycles. The standard InChI is InChI=1S/C11H13NO2S.C2H6/c1-9(13)14-8-4-6-10-5-2-3-7-11(10)12-15;1-2/h2-7,12,15H,8H2,1H3;1-2H3/b6-4+;. The van der Waals surface area contributed by atoms with Crippen molar-refractivity contribution in [3.63, 3.8) is 0 Å². The highest BCUT2D eigenvalue weighted by Crippen LogP contribution is 2.16. The van der Waals surface area contributed by atoms with Gasteiger partial charge in [0.05, 0.1) is 5.69 Å². The number of hydrogen-bond acceptors (Lipinski definition) is 4. The summed E-state index contributed by atoms with van der Waals surface area (Å²) in [6, 6.07) is 7.71. The molecular weight excluding hydrogens is 234 g/mol. The second kappa shape index (κ2) is 9.78. The highest BCUT2D eigenvalue weighted by molar-refractivity contribution is 7.81. The molecule has 0 aliphatic heterocycles. The number of nitrogens with one attached hydrogen (secondary N) is 1. The molecule has 1 aromatic rings. The minimum absolute atomic E-state index is 0.278. The Kier molecular flexibility index (Phi) is 8.96. The van der Waals surface area contributed by atoms with E-state index in [0.29, 0.717) is 0 Å². The number of anilines is 1. The van der Waals surface area contributed by atoms with Crippen LogP contribution in [-0.2, 0) is 9.53 Å². The van der Waals surface area contributed by atoms with Crippen molar-refractivity contribution >= 4 is 30.5 Å². The van der Waals surface area contributed by atoms with E-state index in [1.54, 1.807) is 6.08 Å². The predicted octanol–water partition coefficient (Wildman–Crippen LogP) is 3.55. The van der Waals surface area contributed by atoms with E-state index in [2.05, 4.69) is 17.5 Å². The van der Waals surface area contributed by atoms with Crippen LogP contribution in [-0.4, -0.2) is 12.6 Å². The van der Waals surface area contributed by atoms with E-state index < -0.39 is 0 Å². The lowest BCUT2D eigenvalue weighted by atomic mass is 10.2.